The van der Waals surface area contributed by atoms with Gasteiger partial charge in [-0.15, -0.1) is 0 Å². The lowest BCUT2D eigenvalue weighted by atomic mass is 9.70. The standard InChI is InChI=1S/C59H54N2.C46H44N2/c1-39-17-25-43(26-18-39)60(45-29-21-41(22-30-45)57(3,4)5)47-33-35-51-52-36-34-48(61(44-27-19-40(2)20-28-44)46-31-23-42(24-32-46)58(6,7)8)38-56(52)59(55(51)37-47)53-15-11-9-13-49(53)50-14-10-12-16-54(50)59;1-29-9-15-39(16-10-29)47(45-33(5)23-31(3)24-34(45)6)41-19-21-43-37(27-41)13-14-38-28-42(20-22-44(38)43)48(40-17-11-30(2)12-18-40)46-35(7)25-32(4)26-36(46)8/h9-38H,1-8H3;9-28H,1-8H3. The molecule has 0 atom stereocenters. The van der Waals surface area contributed by atoms with Crippen molar-refractivity contribution in [3.8, 4) is 22.3 Å². The van der Waals surface area contributed by atoms with E-state index in [1.165, 1.54) is 156 Å². The Hall–Kier alpha value is -12.0. The van der Waals surface area contributed by atoms with Crippen LogP contribution in [0.3, 0.4) is 0 Å². The van der Waals surface area contributed by atoms with E-state index in [9.17, 15) is 0 Å². The molecule has 0 N–H and O–H groups in total. The zero-order valence-corrected chi connectivity index (χ0v) is 66.2. The van der Waals surface area contributed by atoms with E-state index >= 15 is 0 Å². The molecular weight excluding hydrogens is 1320 g/mol. The van der Waals surface area contributed by atoms with Gasteiger partial charge in [-0.05, 0) is 301 Å². The second-order valence-corrected chi connectivity index (χ2v) is 32.9. The van der Waals surface area contributed by atoms with E-state index in [0.29, 0.717) is 0 Å². The fourth-order valence-electron chi connectivity index (χ4n) is 17.5. The van der Waals surface area contributed by atoms with Crippen molar-refractivity contribution >= 4 is 89.8 Å². The van der Waals surface area contributed by atoms with Gasteiger partial charge < -0.3 is 19.6 Å². The van der Waals surface area contributed by atoms with E-state index in [-0.39, 0.29) is 10.8 Å². The highest BCUT2D eigenvalue weighted by molar-refractivity contribution is 6.10. The molecule has 15 aromatic rings. The maximum absolute atomic E-state index is 2.49. The quantitative estimate of drug-likeness (QED) is 0.113. The van der Waals surface area contributed by atoms with E-state index in [1.54, 1.807) is 0 Å². The van der Waals surface area contributed by atoms with E-state index in [0.717, 1.165) is 45.5 Å². The van der Waals surface area contributed by atoms with Gasteiger partial charge in [-0.2, -0.15) is 0 Å². The summed E-state index contributed by atoms with van der Waals surface area (Å²) >= 11 is 0. The number of aryl methyl sites for hydroxylation is 10. The van der Waals surface area contributed by atoms with Crippen LogP contribution in [0.15, 0.2) is 303 Å². The first-order chi connectivity index (χ1) is 52.4. The highest BCUT2D eigenvalue weighted by atomic mass is 15.2. The maximum Gasteiger partial charge on any atom is 0.0727 e. The average Bonchev–Trinajstić information content (AvgIpc) is 1.51. The molecule has 0 saturated heterocycles. The highest BCUT2D eigenvalue weighted by Gasteiger charge is 2.52. The molecule has 109 heavy (non-hydrogen) atoms. The van der Waals surface area contributed by atoms with Crippen LogP contribution in [0.1, 0.15) is 131 Å². The molecule has 2 aliphatic rings. The minimum absolute atomic E-state index is 0.0615. The molecule has 538 valence electrons. The molecular formula is C105H98N4. The van der Waals surface area contributed by atoms with Gasteiger partial charge >= 0.3 is 0 Å². The number of hydrogen-bond donors (Lipinski definition) is 0. The Morgan fingerprint density at radius 1 is 0.211 bits per heavy atom. The van der Waals surface area contributed by atoms with Gasteiger partial charge in [-0.25, -0.2) is 0 Å². The number of fused-ring (bicyclic) bond motifs is 13. The normalized spacial score (nSPS) is 12.5. The first-order valence-corrected chi connectivity index (χ1v) is 38.7. The average molecular weight is 1420 g/mol. The third kappa shape index (κ3) is 13.1. The number of nitrogens with zero attached hydrogens (tertiary/aromatic N) is 4. The molecule has 0 fully saturated rings. The zero-order chi connectivity index (χ0) is 75.9. The number of benzene rings is 15. The van der Waals surface area contributed by atoms with Gasteiger partial charge in [0.25, 0.3) is 0 Å². The van der Waals surface area contributed by atoms with E-state index in [1.807, 2.05) is 0 Å². The highest BCUT2D eigenvalue weighted by Crippen LogP contribution is 2.64. The van der Waals surface area contributed by atoms with Gasteiger partial charge in [-0.3, -0.25) is 0 Å². The predicted octanol–water partition coefficient (Wildman–Crippen LogP) is 29.6. The van der Waals surface area contributed by atoms with Gasteiger partial charge in [0.15, 0.2) is 0 Å². The molecule has 4 heteroatoms. The van der Waals surface area contributed by atoms with Crippen molar-refractivity contribution in [2.24, 2.45) is 0 Å². The van der Waals surface area contributed by atoms with E-state index in [2.05, 4.69) is 434 Å². The van der Waals surface area contributed by atoms with Crippen molar-refractivity contribution in [3.05, 3.63) is 392 Å². The lowest BCUT2D eigenvalue weighted by Crippen LogP contribution is -2.26. The number of anilines is 12. The molecule has 1 spiro atoms. The largest absolute Gasteiger partial charge is 0.310 e. The van der Waals surface area contributed by atoms with Crippen LogP contribution in [0.25, 0.3) is 43.8 Å². The van der Waals surface area contributed by atoms with Crippen LogP contribution < -0.4 is 19.6 Å². The Labute approximate surface area is 646 Å². The summed E-state index contributed by atoms with van der Waals surface area (Å²) in [6.45, 7) is 35.5. The maximum atomic E-state index is 2.49. The number of rotatable bonds is 12. The first-order valence-electron chi connectivity index (χ1n) is 38.7. The summed E-state index contributed by atoms with van der Waals surface area (Å²) < 4.78 is 0. The second-order valence-electron chi connectivity index (χ2n) is 32.9. The summed E-state index contributed by atoms with van der Waals surface area (Å²) in [5.41, 5.74) is 39.3. The van der Waals surface area contributed by atoms with Gasteiger partial charge in [0, 0.05) is 56.9 Å². The van der Waals surface area contributed by atoms with Gasteiger partial charge in [0.05, 0.1) is 16.8 Å². The summed E-state index contributed by atoms with van der Waals surface area (Å²) in [5, 5.41) is 4.97. The molecule has 0 amide bonds. The molecule has 0 saturated carbocycles. The smallest absolute Gasteiger partial charge is 0.0727 e. The topological polar surface area (TPSA) is 13.0 Å². The first kappa shape index (κ1) is 71.3. The van der Waals surface area contributed by atoms with Crippen molar-refractivity contribution in [1.82, 2.24) is 0 Å². The molecule has 0 aromatic heterocycles. The SMILES string of the molecule is Cc1ccc(N(c2ccc(C(C)(C)C)cc2)c2ccc3c(c2)C2(c4ccccc4-c4ccccc42)c2cc(N(c4ccc(C)cc4)c4ccc(C(C)(C)C)cc4)ccc2-3)cc1.Cc1ccc(N(c2ccc3c(ccc4cc(N(c5ccc(C)cc5)c5c(C)cc(C)cc5C)ccc43)c2)c2c(C)cc(C)cc2C)cc1. The Kier molecular flexibility index (Phi) is 18.3. The molecule has 0 unspecified atom stereocenters. The second kappa shape index (κ2) is 28.0. The lowest BCUT2D eigenvalue weighted by molar-refractivity contribution is 0.590. The zero-order valence-electron chi connectivity index (χ0n) is 66.2. The van der Waals surface area contributed by atoms with Crippen LogP contribution in [-0.2, 0) is 16.2 Å². The Morgan fingerprint density at radius 2 is 0.468 bits per heavy atom. The fraction of sp³-hybridized carbons (Fsp3) is 0.181. The minimum Gasteiger partial charge on any atom is -0.310 e. The molecule has 17 rings (SSSR count). The van der Waals surface area contributed by atoms with Crippen LogP contribution in [0, 0.1) is 69.2 Å². The van der Waals surface area contributed by atoms with Crippen LogP contribution in [-0.4, -0.2) is 0 Å². The van der Waals surface area contributed by atoms with Crippen molar-refractivity contribution in [2.45, 2.75) is 127 Å². The fourth-order valence-corrected chi connectivity index (χ4v) is 17.5. The predicted molar refractivity (Wildman–Crippen MR) is 468 cm³/mol. The molecule has 0 radical (unpaired) electrons. The monoisotopic (exact) mass is 1410 g/mol. The Morgan fingerprint density at radius 3 is 0.780 bits per heavy atom. The van der Waals surface area contributed by atoms with Crippen LogP contribution in [0.4, 0.5) is 68.2 Å². The molecule has 15 aromatic carbocycles. The molecule has 2 aliphatic carbocycles. The summed E-state index contributed by atoms with van der Waals surface area (Å²) in [6, 6.07) is 114. The molecule has 0 heterocycles. The summed E-state index contributed by atoms with van der Waals surface area (Å²) in [6.07, 6.45) is 0. The van der Waals surface area contributed by atoms with Crippen LogP contribution in [0.2, 0.25) is 0 Å². The lowest BCUT2D eigenvalue weighted by Gasteiger charge is -2.33. The summed E-state index contributed by atoms with van der Waals surface area (Å²) in [5.74, 6) is 0. The van der Waals surface area contributed by atoms with Crippen molar-refractivity contribution in [2.75, 3.05) is 19.6 Å². The molecule has 0 aliphatic heterocycles. The van der Waals surface area contributed by atoms with Gasteiger partial charge in [-0.1, -0.05) is 257 Å². The van der Waals surface area contributed by atoms with Crippen molar-refractivity contribution in [3.63, 3.8) is 0 Å². The van der Waals surface area contributed by atoms with E-state index < -0.39 is 5.41 Å². The summed E-state index contributed by atoms with van der Waals surface area (Å²) in [4.78, 5) is 9.70. The summed E-state index contributed by atoms with van der Waals surface area (Å²) in [7, 11) is 0. The van der Waals surface area contributed by atoms with Crippen LogP contribution in [0.5, 0.6) is 0 Å². The van der Waals surface area contributed by atoms with Crippen molar-refractivity contribution in [1.29, 1.82) is 0 Å². The van der Waals surface area contributed by atoms with Crippen LogP contribution >= 0.6 is 0 Å². The number of hydrogen-bond acceptors (Lipinski definition) is 4. The van der Waals surface area contributed by atoms with E-state index in [4.69, 9.17) is 0 Å². The Balaban J connectivity index is 0.000000171. The third-order valence-corrected chi connectivity index (χ3v) is 22.8. The third-order valence-electron chi connectivity index (χ3n) is 22.8. The van der Waals surface area contributed by atoms with Gasteiger partial charge in [0.1, 0.15) is 0 Å². The Bertz CT molecular complexity index is 5550. The molecule has 0 bridgehead atoms. The minimum atomic E-state index is -0.534. The van der Waals surface area contributed by atoms with Gasteiger partial charge in [0.2, 0.25) is 0 Å². The molecule has 4 nitrogen and oxygen atoms in total. The van der Waals surface area contributed by atoms with Crippen molar-refractivity contribution < 1.29 is 0 Å².